The van der Waals surface area contributed by atoms with Gasteiger partial charge in [-0.25, -0.2) is 0 Å². The standard InChI is InChI=1S/2C24H27.2CH3.2ClH.Si.Zr/c2*1-17-11-18(2)13-21(12-17)22-8-6-7-20-14-19(15-23(20)22)16-24(3)9-4-5-10-24;;;;;;/h2*6-8,11-15H,4-5,9-10,16H2,1-3H3;2*1H3;2*1H;;/q4*-1;;;;. The predicted molar refractivity (Wildman–Crippen MR) is 243 cm³/mol. The van der Waals surface area contributed by atoms with Crippen molar-refractivity contribution in [3.8, 4) is 22.3 Å². The Bertz CT molecular complexity index is 1900. The molecule has 0 heterocycles. The van der Waals surface area contributed by atoms with Gasteiger partial charge in [0.1, 0.15) is 0 Å². The van der Waals surface area contributed by atoms with E-state index in [2.05, 4.69) is 145 Å². The fourth-order valence-electron chi connectivity index (χ4n) is 9.36. The molecule has 0 aromatic heterocycles. The van der Waals surface area contributed by atoms with Gasteiger partial charge in [-0.3, -0.25) is 0 Å². The summed E-state index contributed by atoms with van der Waals surface area (Å²) in [6, 6.07) is 37.0. The van der Waals surface area contributed by atoms with Crippen LogP contribution in [0.3, 0.4) is 0 Å². The van der Waals surface area contributed by atoms with Crippen LogP contribution in [0.5, 0.6) is 0 Å². The summed E-state index contributed by atoms with van der Waals surface area (Å²) in [5.74, 6) is 0. The van der Waals surface area contributed by atoms with E-state index >= 15 is 0 Å². The van der Waals surface area contributed by atoms with E-state index in [0.29, 0.717) is 10.8 Å². The Morgan fingerprint density at radius 3 is 1.15 bits per heavy atom. The summed E-state index contributed by atoms with van der Waals surface area (Å²) in [7, 11) is 0. The first kappa shape index (κ1) is 47.9. The molecule has 8 rings (SSSR count). The topological polar surface area (TPSA) is 0 Å². The fraction of sp³-hybridized carbons (Fsp3) is 0.360. The minimum atomic E-state index is 0. The molecule has 0 nitrogen and oxygen atoms in total. The summed E-state index contributed by atoms with van der Waals surface area (Å²) < 4.78 is 0. The van der Waals surface area contributed by atoms with Crippen molar-refractivity contribution in [2.75, 3.05) is 0 Å². The zero-order valence-corrected chi connectivity index (χ0v) is 39.2. The van der Waals surface area contributed by atoms with Crippen LogP contribution in [0.2, 0.25) is 0 Å². The molecule has 4 heteroatoms. The molecule has 2 fully saturated rings. The third-order valence-electron chi connectivity index (χ3n) is 11.6. The molecule has 0 bridgehead atoms. The van der Waals surface area contributed by atoms with Gasteiger partial charge in [-0.05, 0) is 88.2 Å². The van der Waals surface area contributed by atoms with E-state index in [-0.39, 0.29) is 39.7 Å². The predicted octanol–water partition coefficient (Wildman–Crippen LogP) is 15.3. The quantitative estimate of drug-likeness (QED) is 0.116. The van der Waals surface area contributed by atoms with E-state index in [4.69, 9.17) is 0 Å². The molecule has 6 aromatic rings. The van der Waals surface area contributed by atoms with Crippen LogP contribution in [0.1, 0.15) is 98.6 Å². The van der Waals surface area contributed by atoms with Crippen molar-refractivity contribution in [1.29, 1.82) is 0 Å². The second-order valence-corrected chi connectivity index (χ2v) is 16.5. The van der Waals surface area contributed by atoms with Gasteiger partial charge in [0.15, 0.2) is 0 Å². The van der Waals surface area contributed by atoms with Gasteiger partial charge >= 0.3 is 30.2 Å². The van der Waals surface area contributed by atoms with E-state index in [9.17, 15) is 0 Å². The van der Waals surface area contributed by atoms with Crippen LogP contribution in [0.15, 0.2) is 97.1 Å². The van der Waals surface area contributed by atoms with E-state index in [1.807, 2.05) is 0 Å². The van der Waals surface area contributed by atoms with Gasteiger partial charge in [0, 0.05) is 0 Å². The van der Waals surface area contributed by atoms with Gasteiger partial charge in [0.2, 0.25) is 0 Å². The van der Waals surface area contributed by atoms with Crippen LogP contribution in [-0.4, -0.2) is 6.88 Å². The number of fused-ring (bicyclic) bond motifs is 2. The molecule has 0 spiro atoms. The molecule has 6 aromatic carbocycles. The van der Waals surface area contributed by atoms with Crippen molar-refractivity contribution >= 4 is 53.2 Å². The van der Waals surface area contributed by atoms with Crippen LogP contribution in [0.4, 0.5) is 0 Å². The molecular weight excluding hydrogens is 791 g/mol. The monoisotopic (exact) mass is 850 g/mol. The van der Waals surface area contributed by atoms with Crippen molar-refractivity contribution in [2.24, 2.45) is 10.8 Å². The van der Waals surface area contributed by atoms with Crippen LogP contribution in [-0.2, 0) is 36.2 Å². The first-order valence-corrected chi connectivity index (χ1v) is 23.0. The molecule has 2 aliphatic carbocycles. The molecule has 288 valence electrons. The number of aryl methyl sites for hydroxylation is 4. The fourth-order valence-corrected chi connectivity index (χ4v) is 9.36. The second-order valence-electron chi connectivity index (χ2n) is 16.5. The van der Waals surface area contributed by atoms with Crippen molar-refractivity contribution in [2.45, 2.75) is 106 Å². The Morgan fingerprint density at radius 2 is 0.833 bits per heavy atom. The first-order valence-electron chi connectivity index (χ1n) is 18.8. The molecule has 0 aliphatic heterocycles. The van der Waals surface area contributed by atoms with Crippen molar-refractivity contribution < 1.29 is 23.3 Å². The first-order chi connectivity index (χ1) is 24.0. The molecule has 0 unspecified atom stereocenters. The third kappa shape index (κ3) is 11.4. The summed E-state index contributed by atoms with van der Waals surface area (Å²) >= 11 is 1.36. The summed E-state index contributed by atoms with van der Waals surface area (Å²) in [6.45, 7) is 16.8. The van der Waals surface area contributed by atoms with Gasteiger partial charge in [0.05, 0.1) is 0 Å². The van der Waals surface area contributed by atoms with Gasteiger partial charge in [0.25, 0.3) is 0 Å². The molecule has 2 radical (unpaired) electrons. The normalized spacial score (nSPS) is 15.0. The molecule has 2 aliphatic rings. The van der Waals surface area contributed by atoms with Crippen molar-refractivity contribution in [3.05, 3.63) is 145 Å². The van der Waals surface area contributed by atoms with E-state index in [1.165, 1.54) is 165 Å². The maximum absolute atomic E-state index is 3.06. The summed E-state index contributed by atoms with van der Waals surface area (Å²) in [4.78, 5) is 0. The third-order valence-corrected chi connectivity index (χ3v) is 11.6. The average molecular weight is 853 g/mol. The summed E-state index contributed by atoms with van der Waals surface area (Å²) in [5, 5.41) is 5.62. The van der Waals surface area contributed by atoms with Gasteiger partial charge in [-0.1, -0.05) is 121 Å². The number of rotatable bonds is 6. The minimum absolute atomic E-state index is 0. The molecule has 2 saturated carbocycles. The molecule has 0 saturated heterocycles. The van der Waals surface area contributed by atoms with Gasteiger partial charge < -0.3 is 14.9 Å². The Kier molecular flexibility index (Phi) is 18.5. The van der Waals surface area contributed by atoms with Crippen molar-refractivity contribution in [1.82, 2.24) is 0 Å². The summed E-state index contributed by atoms with van der Waals surface area (Å²) in [6.07, 6.45) is 13.6. The Morgan fingerprint density at radius 1 is 0.519 bits per heavy atom. The second kappa shape index (κ2) is 20.8. The molecule has 0 N–H and O–H groups in total. The van der Waals surface area contributed by atoms with Gasteiger partial charge in [-0.15, -0.1) is 93.9 Å². The van der Waals surface area contributed by atoms with Crippen LogP contribution < -0.4 is 0 Å². The number of benzene rings is 4. The molecule has 0 amide bonds. The van der Waals surface area contributed by atoms with Crippen molar-refractivity contribution in [3.63, 3.8) is 0 Å². The molecule has 54 heavy (non-hydrogen) atoms. The van der Waals surface area contributed by atoms with E-state index in [1.54, 1.807) is 0 Å². The zero-order valence-electron chi connectivity index (χ0n) is 34.1. The number of hydrogen-bond acceptors (Lipinski definition) is 0. The average Bonchev–Trinajstić information content (AvgIpc) is 3.88. The zero-order chi connectivity index (χ0) is 35.5. The van der Waals surface area contributed by atoms with Crippen LogP contribution >= 0.6 is 24.8 Å². The number of halogens is 2. The Hall–Kier alpha value is -2.22. The summed E-state index contributed by atoms with van der Waals surface area (Å²) in [5.41, 5.74) is 14.9. The van der Waals surface area contributed by atoms with Crippen LogP contribution in [0.25, 0.3) is 43.8 Å². The SMILES string of the molecule is Cc1cc(C)cc(-c2cccc3[cH-]c(CC4(C)CCCC4)cc23)c1.Cc1cc(C)cc(-c2cccc3[cH-]c(CC4(C)CCCC4)cc23)c1.Cl.Cl.[CH3-].[CH3-].[Si]=[Zr]. The maximum atomic E-state index is 3.06. The van der Waals surface area contributed by atoms with Crippen LogP contribution in [0, 0.1) is 53.4 Å². The molecule has 0 atom stereocenters. The number of hydrogen-bond donors (Lipinski definition) is 0. The van der Waals surface area contributed by atoms with E-state index in [0.717, 1.165) is 0 Å². The molecular formula is C50H62Cl2SiZr-4. The Balaban J connectivity index is 0.000000334. The van der Waals surface area contributed by atoms with Gasteiger partial charge in [-0.2, -0.15) is 12.1 Å². The Labute approximate surface area is 358 Å². The van der Waals surface area contributed by atoms with E-state index < -0.39 is 0 Å².